The Labute approximate surface area is 326 Å². The van der Waals surface area contributed by atoms with Crippen molar-refractivity contribution in [2.45, 2.75) is 24.0 Å². The number of benzene rings is 6. The summed E-state index contributed by atoms with van der Waals surface area (Å²) in [5.74, 6) is 0. The second-order valence-electron chi connectivity index (χ2n) is 12.6. The van der Waals surface area contributed by atoms with Gasteiger partial charge >= 0.3 is 34.1 Å². The third-order valence-electron chi connectivity index (χ3n) is 9.19. The molecule has 263 valence electrons. The summed E-state index contributed by atoms with van der Waals surface area (Å²) in [5, 5.41) is 25.5. The van der Waals surface area contributed by atoms with Crippen LogP contribution in [0.2, 0.25) is 0 Å². The fourth-order valence-corrected chi connectivity index (χ4v) is 6.53. The van der Waals surface area contributed by atoms with Gasteiger partial charge in [-0.15, -0.1) is 0 Å². The topological polar surface area (TPSA) is 66.2 Å². The van der Waals surface area contributed by atoms with E-state index in [1.807, 2.05) is 182 Å². The molecule has 0 aliphatic heterocycles. The number of fused-ring (bicyclic) bond motifs is 2. The van der Waals surface area contributed by atoms with Crippen LogP contribution in [-0.2, 0) is 38.4 Å². The van der Waals surface area contributed by atoms with Crippen LogP contribution in [0.25, 0.3) is 21.8 Å². The first kappa shape index (κ1) is 38.0. The molecule has 0 aliphatic carbocycles. The average molecular weight is 773 g/mol. The van der Waals surface area contributed by atoms with Crippen molar-refractivity contribution in [3.05, 3.63) is 228 Å². The zero-order valence-corrected chi connectivity index (χ0v) is 31.8. The Morgan fingerprint density at radius 3 is 0.943 bits per heavy atom. The summed E-state index contributed by atoms with van der Waals surface area (Å²) in [6, 6.07) is 63.4. The molecule has 53 heavy (non-hydrogen) atoms. The zero-order chi connectivity index (χ0) is 36.9. The molecule has 0 saturated heterocycles. The Kier molecular flexibility index (Phi) is 13.1. The van der Waals surface area contributed by atoms with E-state index in [2.05, 4.69) is 12.1 Å². The van der Waals surface area contributed by atoms with Crippen molar-refractivity contribution in [3.8, 4) is 0 Å². The summed E-state index contributed by atoms with van der Waals surface area (Å²) >= 11 is -0.368. The van der Waals surface area contributed by atoms with Crippen LogP contribution < -0.4 is 0 Å². The molecule has 0 fully saturated rings. The quantitative estimate of drug-likeness (QED) is 0.161. The van der Waals surface area contributed by atoms with Gasteiger partial charge in [0.1, 0.15) is 11.2 Å². The van der Waals surface area contributed by atoms with Crippen LogP contribution in [0.3, 0.4) is 0 Å². The molecule has 6 aromatic carbocycles. The Balaban J connectivity index is 0.000000169. The standard InChI is InChI=1S/2C23H19NO.2ClH.V/c2*25-23(19-10-3-1-4-11-19,20-12-5-2-6-13-20)17-21-16-15-18-9-7-8-14-22(18)24-21;;;/h2*1-16,25H,17H2;2*1H;/q;;;;+2/p-2. The first-order valence-electron chi connectivity index (χ1n) is 17.2. The second kappa shape index (κ2) is 18.3. The minimum atomic E-state index is -1.11. The molecule has 0 spiro atoms. The van der Waals surface area contributed by atoms with Crippen LogP contribution in [0.5, 0.6) is 0 Å². The fourth-order valence-electron chi connectivity index (χ4n) is 6.53. The van der Waals surface area contributed by atoms with Crippen LogP contribution in [0.1, 0.15) is 33.6 Å². The van der Waals surface area contributed by atoms with E-state index in [1.165, 1.54) is 0 Å². The van der Waals surface area contributed by atoms with Crippen molar-refractivity contribution in [1.29, 1.82) is 0 Å². The summed E-state index contributed by atoms with van der Waals surface area (Å²) in [7, 11) is 9.72. The van der Waals surface area contributed by atoms with Crippen LogP contribution >= 0.6 is 19.7 Å². The van der Waals surface area contributed by atoms with Gasteiger partial charge in [0.2, 0.25) is 0 Å². The van der Waals surface area contributed by atoms with Gasteiger partial charge in [0.25, 0.3) is 0 Å². The normalized spacial score (nSPS) is 11.2. The molecule has 8 aromatic rings. The summed E-state index contributed by atoms with van der Waals surface area (Å²) < 4.78 is 0. The Morgan fingerprint density at radius 1 is 0.377 bits per heavy atom. The van der Waals surface area contributed by atoms with Crippen molar-refractivity contribution in [2.24, 2.45) is 0 Å². The van der Waals surface area contributed by atoms with Gasteiger partial charge in [-0.3, -0.25) is 9.97 Å². The third kappa shape index (κ3) is 9.43. The van der Waals surface area contributed by atoms with Gasteiger partial charge in [0.05, 0.1) is 11.0 Å². The van der Waals surface area contributed by atoms with Gasteiger partial charge < -0.3 is 10.2 Å². The Bertz CT molecular complexity index is 2080. The van der Waals surface area contributed by atoms with Crippen LogP contribution in [0, 0.1) is 0 Å². The molecule has 0 amide bonds. The number of halogens is 2. The van der Waals surface area contributed by atoms with E-state index in [0.29, 0.717) is 12.8 Å². The summed E-state index contributed by atoms with van der Waals surface area (Å²) in [6.45, 7) is 0. The van der Waals surface area contributed by atoms with Crippen LogP contribution in [0.4, 0.5) is 0 Å². The van der Waals surface area contributed by atoms with Crippen LogP contribution in [0.15, 0.2) is 194 Å². The predicted octanol–water partition coefficient (Wildman–Crippen LogP) is 10.8. The molecule has 0 bridgehead atoms. The van der Waals surface area contributed by atoms with Crippen molar-refractivity contribution >= 4 is 41.5 Å². The number of pyridine rings is 2. The van der Waals surface area contributed by atoms with Crippen molar-refractivity contribution < 1.29 is 24.6 Å². The van der Waals surface area contributed by atoms with E-state index >= 15 is 0 Å². The monoisotopic (exact) mass is 771 g/mol. The number of para-hydroxylation sites is 2. The first-order valence-corrected chi connectivity index (χ1v) is 21.1. The minimum absolute atomic E-state index is 0.368. The number of aromatic nitrogens is 2. The van der Waals surface area contributed by atoms with E-state index in [0.717, 1.165) is 55.4 Å². The van der Waals surface area contributed by atoms with E-state index < -0.39 is 11.2 Å². The van der Waals surface area contributed by atoms with Gasteiger partial charge in [-0.05, 0) is 46.5 Å². The molecule has 2 N–H and O–H groups in total. The number of rotatable bonds is 8. The summed E-state index contributed by atoms with van der Waals surface area (Å²) in [6.07, 6.45) is 0.845. The summed E-state index contributed by atoms with van der Waals surface area (Å²) in [4.78, 5) is 9.50. The number of hydrogen-bond donors (Lipinski definition) is 2. The SMILES string of the molecule is OC(Cc1ccc2ccccc2n1)(c1ccccc1)c1ccccc1.OC(Cc1ccc2ccccc2n1)(c1ccccc1)c1ccccc1.[Cl][V][Cl]. The van der Waals surface area contributed by atoms with Crippen LogP contribution in [-0.4, -0.2) is 20.2 Å². The molecule has 0 saturated carbocycles. The molecule has 0 aliphatic rings. The maximum absolute atomic E-state index is 11.6. The van der Waals surface area contributed by atoms with Crippen molar-refractivity contribution in [1.82, 2.24) is 9.97 Å². The molecular weight excluding hydrogens is 734 g/mol. The van der Waals surface area contributed by atoms with Gasteiger partial charge in [-0.25, -0.2) is 0 Å². The number of hydrogen-bond acceptors (Lipinski definition) is 4. The Hall–Kier alpha value is -4.78. The third-order valence-corrected chi connectivity index (χ3v) is 9.19. The zero-order valence-electron chi connectivity index (χ0n) is 28.9. The van der Waals surface area contributed by atoms with Gasteiger partial charge in [-0.2, -0.15) is 0 Å². The van der Waals surface area contributed by atoms with Gasteiger partial charge in [0, 0.05) is 35.0 Å². The fraction of sp³-hybridized carbons (Fsp3) is 0.0870. The Morgan fingerprint density at radius 2 is 0.642 bits per heavy atom. The molecule has 2 aromatic heterocycles. The van der Waals surface area contributed by atoms with E-state index in [1.54, 1.807) is 0 Å². The van der Waals surface area contributed by atoms with Crippen molar-refractivity contribution in [3.63, 3.8) is 0 Å². The number of nitrogens with zero attached hydrogens (tertiary/aromatic N) is 2. The molecule has 7 heteroatoms. The van der Waals surface area contributed by atoms with E-state index in [9.17, 15) is 10.2 Å². The summed E-state index contributed by atoms with van der Waals surface area (Å²) in [5.41, 5.74) is 4.89. The molecule has 0 atom stereocenters. The molecular formula is C46H38Cl2N2O2V. The first-order chi connectivity index (χ1) is 25.9. The predicted molar refractivity (Wildman–Crippen MR) is 214 cm³/mol. The molecule has 2 heterocycles. The van der Waals surface area contributed by atoms with E-state index in [4.69, 9.17) is 29.7 Å². The molecule has 8 rings (SSSR count). The van der Waals surface area contributed by atoms with Crippen molar-refractivity contribution in [2.75, 3.05) is 0 Å². The number of aliphatic hydroxyl groups is 2. The molecule has 0 unspecified atom stereocenters. The molecule has 0 radical (unpaired) electrons. The molecule has 4 nitrogen and oxygen atoms in total. The average Bonchev–Trinajstić information content (AvgIpc) is 3.22. The van der Waals surface area contributed by atoms with E-state index in [-0.39, 0.29) is 14.4 Å². The van der Waals surface area contributed by atoms with Gasteiger partial charge in [0.15, 0.2) is 0 Å². The maximum atomic E-state index is 11.6. The van der Waals surface area contributed by atoms with Gasteiger partial charge in [-0.1, -0.05) is 170 Å². The second-order valence-corrected chi connectivity index (χ2v) is 14.9.